The molecule has 1 aromatic heterocycles. The highest BCUT2D eigenvalue weighted by Gasteiger charge is 1.96. The van der Waals surface area contributed by atoms with Gasteiger partial charge in [-0.1, -0.05) is 17.3 Å². The Balaban J connectivity index is 2.22. The van der Waals surface area contributed by atoms with Gasteiger partial charge in [0.2, 0.25) is 0 Å². The van der Waals surface area contributed by atoms with E-state index >= 15 is 0 Å². The van der Waals surface area contributed by atoms with Crippen LogP contribution in [0.25, 0.3) is 5.69 Å². The summed E-state index contributed by atoms with van der Waals surface area (Å²) in [6.45, 7) is 0.183. The molecule has 72 valence electrons. The topological polar surface area (TPSA) is 50.9 Å². The largest absolute Gasteiger partial charge is 0.396 e. The Hall–Kier alpha value is -1.68. The zero-order valence-electron chi connectivity index (χ0n) is 7.67. The Morgan fingerprint density at radius 1 is 1.21 bits per heavy atom. The minimum Gasteiger partial charge on any atom is -0.396 e. The zero-order valence-corrected chi connectivity index (χ0v) is 7.67. The highest BCUT2D eigenvalue weighted by molar-refractivity contribution is 5.33. The van der Waals surface area contributed by atoms with Gasteiger partial charge in [-0.2, -0.15) is 0 Å². The molecule has 0 saturated carbocycles. The summed E-state index contributed by atoms with van der Waals surface area (Å²) in [6, 6.07) is 7.87. The average Bonchev–Trinajstić information content (AvgIpc) is 2.72. The fourth-order valence-electron chi connectivity index (χ4n) is 1.29. The molecule has 1 heterocycles. The normalized spacial score (nSPS) is 10.4. The maximum absolute atomic E-state index is 8.75. The van der Waals surface area contributed by atoms with Gasteiger partial charge in [-0.15, -0.1) is 5.10 Å². The summed E-state index contributed by atoms with van der Waals surface area (Å²) in [4.78, 5) is 0. The first-order valence-corrected chi connectivity index (χ1v) is 4.46. The van der Waals surface area contributed by atoms with Crippen LogP contribution in [0.1, 0.15) is 5.56 Å². The van der Waals surface area contributed by atoms with E-state index in [0.29, 0.717) is 6.42 Å². The van der Waals surface area contributed by atoms with Crippen molar-refractivity contribution in [1.82, 2.24) is 15.0 Å². The predicted molar refractivity (Wildman–Crippen MR) is 52.1 cm³/mol. The van der Waals surface area contributed by atoms with E-state index in [0.717, 1.165) is 11.3 Å². The van der Waals surface area contributed by atoms with Gasteiger partial charge >= 0.3 is 0 Å². The first-order chi connectivity index (χ1) is 6.90. The molecule has 0 unspecified atom stereocenters. The number of benzene rings is 1. The second-order valence-corrected chi connectivity index (χ2v) is 2.99. The van der Waals surface area contributed by atoms with Crippen LogP contribution in [0.5, 0.6) is 0 Å². The van der Waals surface area contributed by atoms with E-state index in [4.69, 9.17) is 5.11 Å². The molecule has 0 saturated heterocycles. The highest BCUT2D eigenvalue weighted by Crippen LogP contribution is 2.08. The Labute approximate surface area is 81.8 Å². The zero-order chi connectivity index (χ0) is 9.80. The van der Waals surface area contributed by atoms with Crippen LogP contribution in [0.2, 0.25) is 0 Å². The van der Waals surface area contributed by atoms with Gasteiger partial charge in [0, 0.05) is 6.61 Å². The number of aliphatic hydroxyl groups is 1. The molecule has 4 nitrogen and oxygen atoms in total. The van der Waals surface area contributed by atoms with Crippen molar-refractivity contribution in [3.05, 3.63) is 42.2 Å². The minimum absolute atomic E-state index is 0.183. The summed E-state index contributed by atoms with van der Waals surface area (Å²) in [5, 5.41) is 16.4. The van der Waals surface area contributed by atoms with E-state index in [2.05, 4.69) is 10.3 Å². The fourth-order valence-corrected chi connectivity index (χ4v) is 1.29. The summed E-state index contributed by atoms with van der Waals surface area (Å²) in [7, 11) is 0. The summed E-state index contributed by atoms with van der Waals surface area (Å²) in [6.07, 6.45) is 4.13. The van der Waals surface area contributed by atoms with E-state index in [9.17, 15) is 0 Å². The van der Waals surface area contributed by atoms with Crippen LogP contribution in [-0.4, -0.2) is 26.7 Å². The molecule has 0 amide bonds. The van der Waals surface area contributed by atoms with Gasteiger partial charge in [-0.05, 0) is 24.1 Å². The average molecular weight is 189 g/mol. The molecule has 0 spiro atoms. The number of rotatable bonds is 3. The molecule has 0 bridgehead atoms. The minimum atomic E-state index is 0.183. The van der Waals surface area contributed by atoms with Crippen LogP contribution in [0.3, 0.4) is 0 Å². The quantitative estimate of drug-likeness (QED) is 0.777. The molecular weight excluding hydrogens is 178 g/mol. The monoisotopic (exact) mass is 189 g/mol. The Morgan fingerprint density at radius 3 is 2.57 bits per heavy atom. The first-order valence-electron chi connectivity index (χ1n) is 4.46. The number of nitrogens with zero attached hydrogens (tertiary/aromatic N) is 3. The molecule has 0 atom stereocenters. The third kappa shape index (κ3) is 1.80. The summed E-state index contributed by atoms with van der Waals surface area (Å²) >= 11 is 0. The Kier molecular flexibility index (Phi) is 2.55. The van der Waals surface area contributed by atoms with Crippen LogP contribution in [0.15, 0.2) is 36.7 Å². The summed E-state index contributed by atoms with van der Waals surface area (Å²) in [5.74, 6) is 0. The van der Waals surface area contributed by atoms with Gasteiger partial charge in [0.15, 0.2) is 0 Å². The number of hydrogen-bond acceptors (Lipinski definition) is 3. The molecule has 1 aromatic carbocycles. The van der Waals surface area contributed by atoms with Crippen molar-refractivity contribution in [2.24, 2.45) is 0 Å². The third-order valence-corrected chi connectivity index (χ3v) is 2.02. The van der Waals surface area contributed by atoms with Gasteiger partial charge in [0.1, 0.15) is 0 Å². The van der Waals surface area contributed by atoms with Gasteiger partial charge < -0.3 is 5.11 Å². The van der Waals surface area contributed by atoms with Crippen molar-refractivity contribution in [2.45, 2.75) is 6.42 Å². The van der Waals surface area contributed by atoms with E-state index < -0.39 is 0 Å². The molecule has 2 aromatic rings. The number of aliphatic hydroxyl groups excluding tert-OH is 1. The smallest absolute Gasteiger partial charge is 0.0697 e. The summed E-state index contributed by atoms with van der Waals surface area (Å²) in [5.41, 5.74) is 2.10. The number of aromatic nitrogens is 3. The summed E-state index contributed by atoms with van der Waals surface area (Å²) < 4.78 is 1.70. The van der Waals surface area contributed by atoms with Crippen molar-refractivity contribution in [3.8, 4) is 5.69 Å². The Bertz CT molecular complexity index is 380. The van der Waals surface area contributed by atoms with Crippen LogP contribution in [0.4, 0.5) is 0 Å². The molecule has 0 aliphatic carbocycles. The lowest BCUT2D eigenvalue weighted by Gasteiger charge is -2.01. The lowest BCUT2D eigenvalue weighted by Crippen LogP contribution is -1.96. The lowest BCUT2D eigenvalue weighted by atomic mass is 10.1. The van der Waals surface area contributed by atoms with Crippen molar-refractivity contribution >= 4 is 0 Å². The van der Waals surface area contributed by atoms with Crippen LogP contribution in [-0.2, 0) is 6.42 Å². The van der Waals surface area contributed by atoms with E-state index in [-0.39, 0.29) is 6.61 Å². The maximum Gasteiger partial charge on any atom is 0.0697 e. The lowest BCUT2D eigenvalue weighted by molar-refractivity contribution is 0.299. The molecule has 2 rings (SSSR count). The van der Waals surface area contributed by atoms with Crippen LogP contribution in [0, 0.1) is 0 Å². The van der Waals surface area contributed by atoms with Crippen molar-refractivity contribution < 1.29 is 5.11 Å². The van der Waals surface area contributed by atoms with E-state index in [1.807, 2.05) is 24.3 Å². The molecule has 1 N–H and O–H groups in total. The predicted octanol–water partition coefficient (Wildman–Crippen LogP) is 0.802. The highest BCUT2D eigenvalue weighted by atomic mass is 16.2. The van der Waals surface area contributed by atoms with Gasteiger partial charge in [-0.3, -0.25) is 0 Å². The molecule has 0 radical (unpaired) electrons. The molecule has 4 heteroatoms. The van der Waals surface area contributed by atoms with Crippen molar-refractivity contribution in [1.29, 1.82) is 0 Å². The molecule has 0 fully saturated rings. The van der Waals surface area contributed by atoms with E-state index in [1.165, 1.54) is 0 Å². The Morgan fingerprint density at radius 2 is 2.00 bits per heavy atom. The second kappa shape index (κ2) is 4.02. The molecule has 0 aliphatic heterocycles. The van der Waals surface area contributed by atoms with Gasteiger partial charge in [-0.25, -0.2) is 4.68 Å². The van der Waals surface area contributed by atoms with Crippen LogP contribution >= 0.6 is 0 Å². The molecule has 0 aliphatic rings. The van der Waals surface area contributed by atoms with Crippen molar-refractivity contribution in [3.63, 3.8) is 0 Å². The van der Waals surface area contributed by atoms with Gasteiger partial charge in [0.25, 0.3) is 0 Å². The fraction of sp³-hybridized carbons (Fsp3) is 0.200. The molecular formula is C10H11N3O. The van der Waals surface area contributed by atoms with Crippen LogP contribution < -0.4 is 0 Å². The van der Waals surface area contributed by atoms with Gasteiger partial charge in [0.05, 0.1) is 18.1 Å². The maximum atomic E-state index is 8.75. The second-order valence-electron chi connectivity index (χ2n) is 2.99. The number of hydrogen-bond donors (Lipinski definition) is 1. The molecule has 14 heavy (non-hydrogen) atoms. The van der Waals surface area contributed by atoms with Crippen molar-refractivity contribution in [2.75, 3.05) is 6.61 Å². The standard InChI is InChI=1S/C10H11N3O/c14-8-5-9-1-3-10(4-2-9)13-7-6-11-12-13/h1-4,6-7,14H,5,8H2. The first kappa shape index (κ1) is 8.90. The third-order valence-electron chi connectivity index (χ3n) is 2.02. The van der Waals surface area contributed by atoms with E-state index in [1.54, 1.807) is 17.1 Å². The SMILES string of the molecule is OCCc1ccc(-n2ccnn2)cc1.